The summed E-state index contributed by atoms with van der Waals surface area (Å²) in [6.07, 6.45) is 0.488. The minimum atomic E-state index is -3.54. The quantitative estimate of drug-likeness (QED) is 0.778. The van der Waals surface area contributed by atoms with E-state index in [0.29, 0.717) is 34.1 Å². The van der Waals surface area contributed by atoms with E-state index in [0.717, 1.165) is 5.56 Å². The van der Waals surface area contributed by atoms with Gasteiger partial charge in [-0.05, 0) is 42.7 Å². The van der Waals surface area contributed by atoms with Crippen LogP contribution in [0.1, 0.15) is 11.1 Å². The van der Waals surface area contributed by atoms with Crippen LogP contribution >= 0.6 is 0 Å². The van der Waals surface area contributed by atoms with Crippen LogP contribution in [0.2, 0.25) is 0 Å². The van der Waals surface area contributed by atoms with Crippen molar-refractivity contribution in [3.05, 3.63) is 47.5 Å². The van der Waals surface area contributed by atoms with Gasteiger partial charge in [-0.25, -0.2) is 13.1 Å². The third-order valence-electron chi connectivity index (χ3n) is 3.81. The lowest BCUT2D eigenvalue weighted by Crippen LogP contribution is -2.26. The summed E-state index contributed by atoms with van der Waals surface area (Å²) in [6, 6.07) is 10.5. The molecular weight excluding hydrogens is 342 g/mol. The van der Waals surface area contributed by atoms with E-state index in [1.807, 2.05) is 18.2 Å². The van der Waals surface area contributed by atoms with Gasteiger partial charge >= 0.3 is 0 Å². The van der Waals surface area contributed by atoms with E-state index in [4.69, 9.17) is 14.2 Å². The largest absolute Gasteiger partial charge is 0.493 e. The molecule has 25 heavy (non-hydrogen) atoms. The molecule has 0 saturated carbocycles. The molecule has 0 atom stereocenters. The summed E-state index contributed by atoms with van der Waals surface area (Å²) in [5, 5.41) is 0. The summed E-state index contributed by atoms with van der Waals surface area (Å²) in [7, 11) is 1.08. The third-order valence-corrected chi connectivity index (χ3v) is 5.43. The lowest BCUT2D eigenvalue weighted by Gasteiger charge is -2.14. The zero-order valence-corrected chi connectivity index (χ0v) is 15.6. The Morgan fingerprint density at radius 1 is 0.960 bits per heavy atom. The molecule has 0 amide bonds. The summed E-state index contributed by atoms with van der Waals surface area (Å²) in [5.41, 5.74) is 1.59. The molecule has 1 N–H and O–H groups in total. The van der Waals surface area contributed by atoms with Gasteiger partial charge in [0.1, 0.15) is 0 Å². The van der Waals surface area contributed by atoms with Gasteiger partial charge in [0, 0.05) is 6.54 Å². The third kappa shape index (κ3) is 4.43. The minimum Gasteiger partial charge on any atom is -0.493 e. The molecule has 2 rings (SSSR count). The Kier molecular flexibility index (Phi) is 6.27. The number of hydrogen-bond acceptors (Lipinski definition) is 5. The highest BCUT2D eigenvalue weighted by molar-refractivity contribution is 7.89. The van der Waals surface area contributed by atoms with E-state index in [1.54, 1.807) is 39.3 Å². The first-order chi connectivity index (χ1) is 11.9. The summed E-state index contributed by atoms with van der Waals surface area (Å²) in [5.74, 6) is 1.59. The summed E-state index contributed by atoms with van der Waals surface area (Å²) in [4.78, 5) is 0.292. The van der Waals surface area contributed by atoms with Crippen LogP contribution in [0.4, 0.5) is 0 Å². The number of rotatable bonds is 8. The predicted octanol–water partition coefficient (Wildman–Crippen LogP) is 2.54. The van der Waals surface area contributed by atoms with Crippen LogP contribution < -0.4 is 18.9 Å². The second-order valence-electron chi connectivity index (χ2n) is 5.45. The number of ether oxygens (including phenoxy) is 3. The number of nitrogens with one attached hydrogen (secondary N) is 1. The van der Waals surface area contributed by atoms with Gasteiger partial charge < -0.3 is 14.2 Å². The fraction of sp³-hybridized carbons (Fsp3) is 0.333. The number of benzene rings is 2. The molecule has 0 saturated heterocycles. The van der Waals surface area contributed by atoms with E-state index < -0.39 is 10.0 Å². The van der Waals surface area contributed by atoms with E-state index >= 15 is 0 Å². The Bertz CT molecular complexity index is 808. The van der Waals surface area contributed by atoms with Crippen molar-refractivity contribution in [1.82, 2.24) is 4.72 Å². The van der Waals surface area contributed by atoms with Crippen LogP contribution in [-0.4, -0.2) is 36.3 Å². The number of hydrogen-bond donors (Lipinski definition) is 1. The SMILES string of the molecule is COc1cc(CCNS(=O)(=O)c2ccccc2C)cc(OC)c1OC. The molecule has 0 spiro atoms. The van der Waals surface area contributed by atoms with Crippen LogP contribution in [-0.2, 0) is 16.4 Å². The average Bonchev–Trinajstić information content (AvgIpc) is 2.60. The molecule has 136 valence electrons. The Labute approximate surface area is 148 Å². The summed E-state index contributed by atoms with van der Waals surface area (Å²) < 4.78 is 43.3. The molecule has 2 aromatic rings. The van der Waals surface area contributed by atoms with Gasteiger partial charge in [0.2, 0.25) is 15.8 Å². The van der Waals surface area contributed by atoms with Crippen molar-refractivity contribution >= 4 is 10.0 Å². The van der Waals surface area contributed by atoms with Crippen LogP contribution in [0, 0.1) is 6.92 Å². The summed E-state index contributed by atoms with van der Waals surface area (Å²) in [6.45, 7) is 2.03. The van der Waals surface area contributed by atoms with Crippen LogP contribution in [0.5, 0.6) is 17.2 Å². The van der Waals surface area contributed by atoms with Gasteiger partial charge in [0.15, 0.2) is 11.5 Å². The summed E-state index contributed by atoms with van der Waals surface area (Å²) >= 11 is 0. The van der Waals surface area contributed by atoms with E-state index in [-0.39, 0.29) is 6.54 Å². The molecule has 0 aliphatic heterocycles. The highest BCUT2D eigenvalue weighted by Crippen LogP contribution is 2.38. The molecule has 0 unspecified atom stereocenters. The Morgan fingerprint density at radius 3 is 2.08 bits per heavy atom. The van der Waals surface area contributed by atoms with Crippen LogP contribution in [0.3, 0.4) is 0 Å². The highest BCUT2D eigenvalue weighted by Gasteiger charge is 2.17. The average molecular weight is 365 g/mol. The fourth-order valence-electron chi connectivity index (χ4n) is 2.55. The Morgan fingerprint density at radius 2 is 1.56 bits per heavy atom. The van der Waals surface area contributed by atoms with Gasteiger partial charge in [0.25, 0.3) is 0 Å². The molecule has 6 nitrogen and oxygen atoms in total. The number of methoxy groups -OCH3 is 3. The van der Waals surface area contributed by atoms with Crippen molar-refractivity contribution in [2.45, 2.75) is 18.2 Å². The normalized spacial score (nSPS) is 11.2. The topological polar surface area (TPSA) is 73.9 Å². The first-order valence-corrected chi connectivity index (χ1v) is 9.25. The molecule has 0 radical (unpaired) electrons. The van der Waals surface area contributed by atoms with Crippen molar-refractivity contribution in [2.75, 3.05) is 27.9 Å². The maximum absolute atomic E-state index is 12.4. The van der Waals surface area contributed by atoms with Crippen molar-refractivity contribution < 1.29 is 22.6 Å². The van der Waals surface area contributed by atoms with E-state index in [1.165, 1.54) is 7.11 Å². The molecule has 0 aliphatic rings. The molecule has 0 aromatic heterocycles. The fourth-order valence-corrected chi connectivity index (χ4v) is 3.82. The first kappa shape index (κ1) is 19.1. The zero-order valence-electron chi connectivity index (χ0n) is 14.8. The van der Waals surface area contributed by atoms with Gasteiger partial charge in [-0.3, -0.25) is 0 Å². The second kappa shape index (κ2) is 8.22. The monoisotopic (exact) mass is 365 g/mol. The number of aryl methyl sites for hydroxylation is 1. The maximum atomic E-state index is 12.4. The standard InChI is InChI=1S/C18H23NO5S/c1-13-7-5-6-8-17(13)25(20,21)19-10-9-14-11-15(22-2)18(24-4)16(12-14)23-3/h5-8,11-12,19H,9-10H2,1-4H3. The van der Waals surface area contributed by atoms with Crippen LogP contribution in [0.25, 0.3) is 0 Å². The van der Waals surface area contributed by atoms with Gasteiger partial charge in [-0.15, -0.1) is 0 Å². The van der Waals surface area contributed by atoms with E-state index in [2.05, 4.69) is 4.72 Å². The maximum Gasteiger partial charge on any atom is 0.240 e. The van der Waals surface area contributed by atoms with Crippen molar-refractivity contribution in [3.8, 4) is 17.2 Å². The van der Waals surface area contributed by atoms with Gasteiger partial charge in [-0.1, -0.05) is 18.2 Å². The van der Waals surface area contributed by atoms with Crippen molar-refractivity contribution in [1.29, 1.82) is 0 Å². The molecule has 2 aromatic carbocycles. The van der Waals surface area contributed by atoms with E-state index in [9.17, 15) is 8.42 Å². The zero-order chi connectivity index (χ0) is 18.4. The number of sulfonamides is 1. The first-order valence-electron chi connectivity index (χ1n) is 7.77. The van der Waals surface area contributed by atoms with Gasteiger partial charge in [0.05, 0.1) is 26.2 Å². The Balaban J connectivity index is 2.13. The minimum absolute atomic E-state index is 0.259. The van der Waals surface area contributed by atoms with Gasteiger partial charge in [-0.2, -0.15) is 0 Å². The molecule has 0 heterocycles. The van der Waals surface area contributed by atoms with Crippen molar-refractivity contribution in [2.24, 2.45) is 0 Å². The van der Waals surface area contributed by atoms with Crippen LogP contribution in [0.15, 0.2) is 41.3 Å². The Hall–Kier alpha value is -2.25. The van der Waals surface area contributed by atoms with Crippen molar-refractivity contribution in [3.63, 3.8) is 0 Å². The molecular formula is C18H23NO5S. The smallest absolute Gasteiger partial charge is 0.240 e. The molecule has 0 fully saturated rings. The highest BCUT2D eigenvalue weighted by atomic mass is 32.2. The molecule has 7 heteroatoms. The second-order valence-corrected chi connectivity index (χ2v) is 7.18. The molecule has 0 aliphatic carbocycles. The lowest BCUT2D eigenvalue weighted by molar-refractivity contribution is 0.324. The lowest BCUT2D eigenvalue weighted by atomic mass is 10.1. The molecule has 0 bridgehead atoms. The predicted molar refractivity (Wildman–Crippen MR) is 96.2 cm³/mol.